The molecule has 4 heteroatoms. The van der Waals surface area contributed by atoms with Crippen molar-refractivity contribution in [2.45, 2.75) is 13.0 Å². The molecule has 1 radical (unpaired) electrons. The third kappa shape index (κ3) is 2.15. The number of hydrogen-bond donors (Lipinski definition) is 2. The number of aliphatic carboxylic acids is 1. The van der Waals surface area contributed by atoms with Crippen LogP contribution < -0.4 is 5.73 Å². The Hall–Kier alpha value is -1.16. The first-order valence-electron chi connectivity index (χ1n) is 4.03. The van der Waals surface area contributed by atoms with E-state index < -0.39 is 12.0 Å². The number of carboxylic acids is 1. The molecule has 0 aromatic carbocycles. The van der Waals surface area contributed by atoms with E-state index in [1.54, 1.807) is 12.2 Å². The minimum absolute atomic E-state index is 0.157. The van der Waals surface area contributed by atoms with E-state index in [2.05, 4.69) is 0 Å². The van der Waals surface area contributed by atoms with Crippen molar-refractivity contribution in [2.75, 3.05) is 0 Å². The molecule has 0 amide bonds. The van der Waals surface area contributed by atoms with Crippen LogP contribution in [0.5, 0.6) is 0 Å². The Kier molecular flexibility index (Phi) is 2.83. The normalized spacial score (nSPS) is 23.9. The maximum absolute atomic E-state index is 10.5. The Morgan fingerprint density at radius 1 is 1.77 bits per heavy atom. The van der Waals surface area contributed by atoms with E-state index in [1.165, 1.54) is 0 Å². The number of nitrogens with two attached hydrogens (primary N) is 1. The van der Waals surface area contributed by atoms with E-state index in [0.29, 0.717) is 11.0 Å². The predicted molar refractivity (Wildman–Crippen MR) is 52.8 cm³/mol. The Labute approximate surface area is 78.0 Å². The Morgan fingerprint density at radius 3 is 2.85 bits per heavy atom. The van der Waals surface area contributed by atoms with Crippen LogP contribution in [-0.2, 0) is 4.79 Å². The summed E-state index contributed by atoms with van der Waals surface area (Å²) in [6.45, 7) is 1.94. The number of carbonyl (C=O) groups is 1. The van der Waals surface area contributed by atoms with Crippen molar-refractivity contribution in [3.8, 4) is 0 Å². The van der Waals surface area contributed by atoms with Gasteiger partial charge in [-0.2, -0.15) is 0 Å². The average Bonchev–Trinajstić information content (AvgIpc) is 2.08. The van der Waals surface area contributed by atoms with Gasteiger partial charge >= 0.3 is 77.2 Å². The van der Waals surface area contributed by atoms with Crippen LogP contribution in [0.4, 0.5) is 0 Å². The molecule has 1 aliphatic carbocycles. The Bertz CT molecular complexity index is 307. The second-order valence-electron chi connectivity index (χ2n) is 3.11. The Balaban J connectivity index is 2.85. The molecule has 0 aromatic heterocycles. The first-order chi connectivity index (χ1) is 6.02. The third-order valence-corrected chi connectivity index (χ3v) is 2.06. The van der Waals surface area contributed by atoms with Crippen molar-refractivity contribution in [1.82, 2.24) is 0 Å². The zero-order valence-electron chi connectivity index (χ0n) is 7.40. The zero-order valence-corrected chi connectivity index (χ0v) is 7.40. The fourth-order valence-electron chi connectivity index (χ4n) is 1.07. The molecule has 2 unspecified atom stereocenters. The number of allylic oxidation sites excluding steroid dienone is 2. The Morgan fingerprint density at radius 2 is 2.38 bits per heavy atom. The van der Waals surface area contributed by atoms with Gasteiger partial charge in [0, 0.05) is 0 Å². The van der Waals surface area contributed by atoms with Crippen molar-refractivity contribution in [3.63, 3.8) is 0 Å². The van der Waals surface area contributed by atoms with E-state index in [4.69, 9.17) is 18.3 Å². The van der Waals surface area contributed by atoms with Gasteiger partial charge in [0.15, 0.2) is 0 Å². The molecule has 0 fully saturated rings. The first-order valence-corrected chi connectivity index (χ1v) is 4.03. The van der Waals surface area contributed by atoms with Crippen LogP contribution in [-0.4, -0.2) is 30.1 Å². The van der Waals surface area contributed by atoms with Crippen molar-refractivity contribution < 1.29 is 9.90 Å². The topological polar surface area (TPSA) is 63.3 Å². The molecule has 3 nitrogen and oxygen atoms in total. The van der Waals surface area contributed by atoms with Gasteiger partial charge in [0.25, 0.3) is 0 Å². The second kappa shape index (κ2) is 3.70. The van der Waals surface area contributed by atoms with Crippen LogP contribution in [0.1, 0.15) is 6.92 Å². The summed E-state index contributed by atoms with van der Waals surface area (Å²) in [5.41, 5.74) is 6.60. The molecule has 67 valence electrons. The zero-order chi connectivity index (χ0) is 10.0. The third-order valence-electron chi connectivity index (χ3n) is 2.06. The average molecular weight is 176 g/mol. The van der Waals surface area contributed by atoms with Crippen molar-refractivity contribution in [1.29, 1.82) is 0 Å². The predicted octanol–water partition coefficient (Wildman–Crippen LogP) is -0.128. The molecule has 0 heterocycles. The quantitative estimate of drug-likeness (QED) is 0.576. The van der Waals surface area contributed by atoms with Crippen LogP contribution in [0.25, 0.3) is 0 Å². The van der Waals surface area contributed by atoms with Crippen LogP contribution >= 0.6 is 0 Å². The SMILES string of the molecule is [B]=C1C=C(C(N)C(=O)O)C=CC1C. The van der Waals surface area contributed by atoms with Crippen molar-refractivity contribution in [3.05, 3.63) is 23.8 Å². The van der Waals surface area contributed by atoms with Gasteiger partial charge in [-0.05, 0) is 0 Å². The standard InChI is InChI=1S/C9H11BNO2/c1-5-2-3-6(4-7(5)10)8(11)9(12)13/h2-5,8H,11H2,1H3,(H,12,13). The fraction of sp³-hybridized carbons (Fsp3) is 0.333. The van der Waals surface area contributed by atoms with E-state index in [9.17, 15) is 4.79 Å². The summed E-state index contributed by atoms with van der Waals surface area (Å²) in [5, 5.41) is 8.64. The number of rotatable bonds is 2. The summed E-state index contributed by atoms with van der Waals surface area (Å²) >= 11 is 0. The van der Waals surface area contributed by atoms with Gasteiger partial charge in [0.05, 0.1) is 0 Å². The van der Waals surface area contributed by atoms with Gasteiger partial charge in [-0.1, -0.05) is 0 Å². The summed E-state index contributed by atoms with van der Waals surface area (Å²) in [4.78, 5) is 10.5. The van der Waals surface area contributed by atoms with Crippen LogP contribution in [0.2, 0.25) is 0 Å². The van der Waals surface area contributed by atoms with Crippen molar-refractivity contribution >= 4 is 18.9 Å². The van der Waals surface area contributed by atoms with E-state index in [1.807, 2.05) is 13.0 Å². The summed E-state index contributed by atoms with van der Waals surface area (Å²) in [7, 11) is 5.65. The molecule has 13 heavy (non-hydrogen) atoms. The molecular formula is C9H11BNO2. The summed E-state index contributed by atoms with van der Waals surface area (Å²) < 4.78 is 0. The summed E-state index contributed by atoms with van der Waals surface area (Å²) in [6.07, 6.45) is 5.18. The van der Waals surface area contributed by atoms with Crippen LogP contribution in [0.15, 0.2) is 23.8 Å². The molecular weight excluding hydrogens is 165 g/mol. The second-order valence-corrected chi connectivity index (χ2v) is 3.11. The molecule has 0 saturated carbocycles. The van der Waals surface area contributed by atoms with Gasteiger partial charge in [-0.15, -0.1) is 0 Å². The molecule has 3 N–H and O–H groups in total. The molecule has 0 saturated heterocycles. The monoisotopic (exact) mass is 176 g/mol. The van der Waals surface area contributed by atoms with Gasteiger partial charge < -0.3 is 0 Å². The van der Waals surface area contributed by atoms with Gasteiger partial charge in [0.2, 0.25) is 0 Å². The fourth-order valence-corrected chi connectivity index (χ4v) is 1.07. The molecule has 0 aromatic rings. The molecule has 2 atom stereocenters. The number of carboxylic acid groups (broad SMARTS) is 1. The maximum atomic E-state index is 10.5. The summed E-state index contributed by atoms with van der Waals surface area (Å²) in [5.74, 6) is -0.886. The van der Waals surface area contributed by atoms with Gasteiger partial charge in [0.1, 0.15) is 0 Å². The molecule has 0 spiro atoms. The molecule has 0 bridgehead atoms. The minimum atomic E-state index is -1.04. The van der Waals surface area contributed by atoms with Crippen LogP contribution in [0, 0.1) is 5.92 Å². The number of hydrogen-bond acceptors (Lipinski definition) is 2. The first kappa shape index (κ1) is 9.93. The van der Waals surface area contributed by atoms with Gasteiger partial charge in [-0.3, -0.25) is 0 Å². The molecule has 1 rings (SSSR count). The molecule has 0 aliphatic heterocycles. The van der Waals surface area contributed by atoms with Crippen LogP contribution in [0.3, 0.4) is 0 Å². The van der Waals surface area contributed by atoms with E-state index >= 15 is 0 Å². The van der Waals surface area contributed by atoms with Gasteiger partial charge in [-0.25, -0.2) is 0 Å². The van der Waals surface area contributed by atoms with E-state index in [-0.39, 0.29) is 5.92 Å². The van der Waals surface area contributed by atoms with E-state index in [0.717, 1.165) is 0 Å². The van der Waals surface area contributed by atoms with Crippen molar-refractivity contribution in [2.24, 2.45) is 11.7 Å². The molecule has 1 aliphatic rings. The summed E-state index contributed by atoms with van der Waals surface area (Å²) in [6, 6.07) is -0.984.